The molecule has 1 aliphatic rings. The Morgan fingerprint density at radius 1 is 1.33 bits per heavy atom. The van der Waals surface area contributed by atoms with Crippen molar-refractivity contribution in [3.8, 4) is 0 Å². The van der Waals surface area contributed by atoms with Crippen molar-refractivity contribution in [1.29, 1.82) is 0 Å². The molecule has 116 valence electrons. The molecule has 7 nitrogen and oxygen atoms in total. The molecule has 0 aliphatic carbocycles. The molecule has 1 fully saturated rings. The van der Waals surface area contributed by atoms with Gasteiger partial charge in [-0.25, -0.2) is 8.42 Å². The van der Waals surface area contributed by atoms with E-state index in [1.165, 1.54) is 4.31 Å². The minimum absolute atomic E-state index is 0.123. The first-order chi connectivity index (χ1) is 9.93. The van der Waals surface area contributed by atoms with Gasteiger partial charge in [-0.1, -0.05) is 27.2 Å². The molecule has 0 saturated carbocycles. The molecule has 0 amide bonds. The normalized spacial score (nSPS) is 18.8. The van der Waals surface area contributed by atoms with Crippen LogP contribution in [0, 0.1) is 0 Å². The van der Waals surface area contributed by atoms with Crippen molar-refractivity contribution in [2.45, 2.75) is 4.90 Å². The number of nitrogens with two attached hydrogens (primary N) is 1. The summed E-state index contributed by atoms with van der Waals surface area (Å²) in [6, 6.07) is 6.67. The van der Waals surface area contributed by atoms with E-state index in [2.05, 4.69) is 21.1 Å². The van der Waals surface area contributed by atoms with Gasteiger partial charge in [0.05, 0.1) is 11.4 Å². The average Bonchev–Trinajstić information content (AvgIpc) is 2.47. The van der Waals surface area contributed by atoms with Crippen LogP contribution in [0.1, 0.15) is 0 Å². The minimum Gasteiger partial charge on any atom is -0.409 e. The summed E-state index contributed by atoms with van der Waals surface area (Å²) in [7, 11) is -3.48. The molecular formula is C12H17BrN4O3S. The van der Waals surface area contributed by atoms with Crippen molar-refractivity contribution in [2.24, 2.45) is 10.9 Å². The lowest BCUT2D eigenvalue weighted by molar-refractivity contribution is 0.206. The summed E-state index contributed by atoms with van der Waals surface area (Å²) < 4.78 is 27.2. The molecule has 9 heteroatoms. The molecule has 0 aromatic heterocycles. The van der Waals surface area contributed by atoms with Gasteiger partial charge in [0.2, 0.25) is 10.0 Å². The van der Waals surface area contributed by atoms with Crippen molar-refractivity contribution in [3.05, 3.63) is 28.7 Å². The van der Waals surface area contributed by atoms with Crippen LogP contribution >= 0.6 is 15.9 Å². The van der Waals surface area contributed by atoms with E-state index in [9.17, 15) is 8.42 Å². The second-order valence-corrected chi connectivity index (χ2v) is 7.58. The van der Waals surface area contributed by atoms with Crippen LogP contribution < -0.4 is 5.73 Å². The van der Waals surface area contributed by atoms with Crippen LogP contribution in [0.25, 0.3) is 0 Å². The fraction of sp³-hybridized carbons (Fsp3) is 0.417. The lowest BCUT2D eigenvalue weighted by atomic mass is 10.3. The standard InChI is InChI=1S/C12H17BrN4O3S/c13-10-2-1-3-11(8-10)21(19,20)17-6-4-16(5-7-17)9-12(14)15-18/h1-3,8,18H,4-7,9H2,(H2,14,15). The topological polar surface area (TPSA) is 99.2 Å². The van der Waals surface area contributed by atoms with Gasteiger partial charge in [0, 0.05) is 30.7 Å². The van der Waals surface area contributed by atoms with Gasteiger partial charge in [0.1, 0.15) is 0 Å². The fourth-order valence-electron chi connectivity index (χ4n) is 2.17. The van der Waals surface area contributed by atoms with Gasteiger partial charge < -0.3 is 10.9 Å². The Hall–Kier alpha value is -1.16. The SMILES string of the molecule is NC(CN1CCN(S(=O)(=O)c2cccc(Br)c2)CC1)=NO. The van der Waals surface area contributed by atoms with E-state index in [0.29, 0.717) is 32.7 Å². The maximum atomic E-state index is 12.5. The van der Waals surface area contributed by atoms with Crippen LogP contribution in [0.3, 0.4) is 0 Å². The third kappa shape index (κ3) is 3.94. The summed E-state index contributed by atoms with van der Waals surface area (Å²) >= 11 is 3.28. The molecule has 1 aromatic rings. The monoisotopic (exact) mass is 376 g/mol. The summed E-state index contributed by atoms with van der Waals surface area (Å²) in [5.74, 6) is 0.123. The molecular weight excluding hydrogens is 360 g/mol. The molecule has 1 aromatic carbocycles. The molecule has 0 bridgehead atoms. The van der Waals surface area contributed by atoms with Crippen molar-refractivity contribution < 1.29 is 13.6 Å². The van der Waals surface area contributed by atoms with Gasteiger partial charge in [-0.3, -0.25) is 4.90 Å². The number of rotatable bonds is 4. The number of piperazine rings is 1. The number of hydrogen-bond acceptors (Lipinski definition) is 5. The van der Waals surface area contributed by atoms with Crippen LogP contribution in [0.15, 0.2) is 38.8 Å². The maximum absolute atomic E-state index is 12.5. The highest BCUT2D eigenvalue weighted by Crippen LogP contribution is 2.21. The first kappa shape index (κ1) is 16.2. The molecule has 3 N–H and O–H groups in total. The van der Waals surface area contributed by atoms with Crippen LogP contribution in [-0.4, -0.2) is 61.4 Å². The number of sulfonamides is 1. The summed E-state index contributed by atoms with van der Waals surface area (Å²) in [5, 5.41) is 11.5. The number of amidine groups is 1. The number of oxime groups is 1. The van der Waals surface area contributed by atoms with Crippen LogP contribution in [0.4, 0.5) is 0 Å². The molecule has 0 radical (unpaired) electrons. The molecule has 21 heavy (non-hydrogen) atoms. The predicted molar refractivity (Wildman–Crippen MR) is 82.7 cm³/mol. The van der Waals surface area contributed by atoms with Crippen molar-refractivity contribution in [1.82, 2.24) is 9.21 Å². The van der Waals surface area contributed by atoms with E-state index in [0.717, 1.165) is 4.47 Å². The highest BCUT2D eigenvalue weighted by atomic mass is 79.9. The quantitative estimate of drug-likeness (QED) is 0.345. The molecule has 1 heterocycles. The fourth-order valence-corrected chi connectivity index (χ4v) is 4.18. The van der Waals surface area contributed by atoms with E-state index in [4.69, 9.17) is 10.9 Å². The van der Waals surface area contributed by atoms with Gasteiger partial charge in [-0.15, -0.1) is 0 Å². The first-order valence-corrected chi connectivity index (χ1v) is 8.61. The predicted octanol–water partition coefficient (Wildman–Crippen LogP) is 0.502. The Morgan fingerprint density at radius 3 is 2.57 bits per heavy atom. The summed E-state index contributed by atoms with van der Waals surface area (Å²) in [4.78, 5) is 2.23. The molecule has 0 atom stereocenters. The lowest BCUT2D eigenvalue weighted by Crippen LogP contribution is -2.50. The summed E-state index contributed by atoms with van der Waals surface area (Å²) in [5.41, 5.74) is 5.45. The first-order valence-electron chi connectivity index (χ1n) is 6.38. The minimum atomic E-state index is -3.48. The molecule has 0 spiro atoms. The van der Waals surface area contributed by atoms with E-state index in [1.807, 2.05) is 4.90 Å². The molecule has 2 rings (SSSR count). The third-order valence-electron chi connectivity index (χ3n) is 3.28. The Labute approximate surface area is 132 Å². The highest BCUT2D eigenvalue weighted by Gasteiger charge is 2.28. The van der Waals surface area contributed by atoms with Crippen molar-refractivity contribution in [3.63, 3.8) is 0 Å². The maximum Gasteiger partial charge on any atom is 0.243 e. The Balaban J connectivity index is 2.04. The Kier molecular flexibility index (Phi) is 5.20. The van der Waals surface area contributed by atoms with Crippen molar-refractivity contribution >= 4 is 31.8 Å². The summed E-state index contributed by atoms with van der Waals surface area (Å²) in [6.07, 6.45) is 0. The zero-order valence-electron chi connectivity index (χ0n) is 11.3. The number of nitrogens with zero attached hydrogens (tertiary/aromatic N) is 3. The van der Waals surface area contributed by atoms with E-state index in [1.54, 1.807) is 24.3 Å². The molecule has 1 aliphatic heterocycles. The number of halogens is 1. The second-order valence-electron chi connectivity index (χ2n) is 4.73. The second kappa shape index (κ2) is 6.73. The highest BCUT2D eigenvalue weighted by molar-refractivity contribution is 9.10. The van der Waals surface area contributed by atoms with Gasteiger partial charge >= 0.3 is 0 Å². The van der Waals surface area contributed by atoms with Gasteiger partial charge in [-0.05, 0) is 18.2 Å². The number of hydrogen-bond donors (Lipinski definition) is 2. The van der Waals surface area contributed by atoms with Gasteiger partial charge in [-0.2, -0.15) is 4.31 Å². The zero-order valence-corrected chi connectivity index (χ0v) is 13.7. The van der Waals surface area contributed by atoms with Crippen LogP contribution in [-0.2, 0) is 10.0 Å². The average molecular weight is 377 g/mol. The molecule has 1 saturated heterocycles. The van der Waals surface area contributed by atoms with Gasteiger partial charge in [0.15, 0.2) is 5.84 Å². The Bertz CT molecular complexity index is 627. The zero-order chi connectivity index (χ0) is 15.5. The van der Waals surface area contributed by atoms with Gasteiger partial charge in [0.25, 0.3) is 0 Å². The summed E-state index contributed by atoms with van der Waals surface area (Å²) in [6.45, 7) is 2.19. The van der Waals surface area contributed by atoms with E-state index < -0.39 is 10.0 Å². The van der Waals surface area contributed by atoms with Crippen molar-refractivity contribution in [2.75, 3.05) is 32.7 Å². The van der Waals surface area contributed by atoms with Crippen LogP contribution in [0.2, 0.25) is 0 Å². The smallest absolute Gasteiger partial charge is 0.243 e. The Morgan fingerprint density at radius 2 is 2.00 bits per heavy atom. The largest absolute Gasteiger partial charge is 0.409 e. The van der Waals surface area contributed by atoms with E-state index >= 15 is 0 Å². The van der Waals surface area contributed by atoms with Crippen LogP contribution in [0.5, 0.6) is 0 Å². The van der Waals surface area contributed by atoms with E-state index in [-0.39, 0.29) is 10.7 Å². The third-order valence-corrected chi connectivity index (χ3v) is 5.67. The number of benzene rings is 1. The molecule has 0 unspecified atom stereocenters. The lowest BCUT2D eigenvalue weighted by Gasteiger charge is -2.33.